The van der Waals surface area contributed by atoms with Crippen LogP contribution in [-0.2, 0) is 10.0 Å². The molecule has 7 heteroatoms. The summed E-state index contributed by atoms with van der Waals surface area (Å²) in [6.45, 7) is 6.78. The quantitative estimate of drug-likeness (QED) is 0.550. The third-order valence-electron chi connectivity index (χ3n) is 4.00. The Morgan fingerprint density at radius 1 is 1.12 bits per heavy atom. The van der Waals surface area contributed by atoms with Gasteiger partial charge < -0.3 is 10.6 Å². The Labute approximate surface area is 151 Å². The predicted octanol–water partition coefficient (Wildman–Crippen LogP) is 3.63. The topological polar surface area (TPSA) is 87.3 Å². The highest BCUT2D eigenvalue weighted by atomic mass is 32.2. The number of amides is 2. The largest absolute Gasteiger partial charge is 0.338 e. The smallest absolute Gasteiger partial charge is 0.319 e. The van der Waals surface area contributed by atoms with E-state index in [0.717, 1.165) is 18.8 Å². The molecular weight excluding hydrogens is 338 g/mol. The summed E-state index contributed by atoms with van der Waals surface area (Å²) < 4.78 is 26.2. The zero-order valence-corrected chi connectivity index (χ0v) is 16.5. The number of sulfonamides is 1. The molecule has 142 valence electrons. The average Bonchev–Trinajstić information content (AvgIpc) is 2.55. The van der Waals surface area contributed by atoms with Gasteiger partial charge in [0.15, 0.2) is 0 Å². The molecule has 0 unspecified atom stereocenters. The fourth-order valence-electron chi connectivity index (χ4n) is 2.49. The van der Waals surface area contributed by atoms with E-state index in [4.69, 9.17) is 0 Å². The second-order valence-corrected chi connectivity index (χ2v) is 8.52. The third-order valence-corrected chi connectivity index (χ3v) is 5.55. The Morgan fingerprint density at radius 3 is 2.44 bits per heavy atom. The standard InChI is InChI=1S/C18H31N3O3S/c1-14(2)9-7-5-6-8-12-20-18(22)21-16-11-10-15(3)17(13-16)25(23,24)19-4/h10-11,13-14,19H,5-9,12H2,1-4H3,(H2,20,21,22). The number of nitrogens with one attached hydrogen (secondary N) is 3. The van der Waals surface area contributed by atoms with Crippen LogP contribution in [0.2, 0.25) is 0 Å². The third kappa shape index (κ3) is 7.88. The molecule has 0 aromatic heterocycles. The molecular formula is C18H31N3O3S. The minimum atomic E-state index is -3.54. The summed E-state index contributed by atoms with van der Waals surface area (Å²) in [5, 5.41) is 5.48. The number of hydrogen-bond acceptors (Lipinski definition) is 3. The van der Waals surface area contributed by atoms with Gasteiger partial charge in [-0.3, -0.25) is 0 Å². The van der Waals surface area contributed by atoms with Gasteiger partial charge in [0, 0.05) is 12.2 Å². The molecule has 0 spiro atoms. The molecule has 1 rings (SSSR count). The maximum Gasteiger partial charge on any atom is 0.319 e. The van der Waals surface area contributed by atoms with Crippen molar-refractivity contribution in [2.24, 2.45) is 5.92 Å². The van der Waals surface area contributed by atoms with Gasteiger partial charge in [0.05, 0.1) is 4.90 Å². The van der Waals surface area contributed by atoms with Crippen molar-refractivity contribution < 1.29 is 13.2 Å². The lowest BCUT2D eigenvalue weighted by Crippen LogP contribution is -2.29. The molecule has 0 aliphatic rings. The van der Waals surface area contributed by atoms with Crippen LogP contribution in [0.4, 0.5) is 10.5 Å². The molecule has 0 atom stereocenters. The first-order valence-corrected chi connectivity index (χ1v) is 10.3. The molecule has 0 saturated heterocycles. The number of urea groups is 1. The Bertz CT molecular complexity index is 658. The highest BCUT2D eigenvalue weighted by Crippen LogP contribution is 2.19. The van der Waals surface area contributed by atoms with E-state index in [-0.39, 0.29) is 10.9 Å². The summed E-state index contributed by atoms with van der Waals surface area (Å²) >= 11 is 0. The van der Waals surface area contributed by atoms with Crippen LogP contribution in [0.3, 0.4) is 0 Å². The minimum absolute atomic E-state index is 0.165. The molecule has 0 fully saturated rings. The maximum absolute atomic E-state index is 12.0. The van der Waals surface area contributed by atoms with Crippen LogP contribution in [0.25, 0.3) is 0 Å². The molecule has 25 heavy (non-hydrogen) atoms. The van der Waals surface area contributed by atoms with E-state index in [0.29, 0.717) is 17.8 Å². The zero-order valence-electron chi connectivity index (χ0n) is 15.7. The van der Waals surface area contributed by atoms with E-state index in [2.05, 4.69) is 29.2 Å². The average molecular weight is 370 g/mol. The summed E-state index contributed by atoms with van der Waals surface area (Å²) in [5.74, 6) is 0.745. The van der Waals surface area contributed by atoms with Gasteiger partial charge >= 0.3 is 6.03 Å². The van der Waals surface area contributed by atoms with E-state index < -0.39 is 10.0 Å². The number of carbonyl (C=O) groups is 1. The predicted molar refractivity (Wildman–Crippen MR) is 102 cm³/mol. The molecule has 3 N–H and O–H groups in total. The molecule has 1 aromatic rings. The highest BCUT2D eigenvalue weighted by Gasteiger charge is 2.15. The molecule has 0 saturated carbocycles. The molecule has 0 bridgehead atoms. The molecule has 0 heterocycles. The first-order chi connectivity index (χ1) is 11.8. The fraction of sp³-hybridized carbons (Fsp3) is 0.611. The number of aryl methyl sites for hydroxylation is 1. The molecule has 1 aromatic carbocycles. The molecule has 0 aliphatic heterocycles. The van der Waals surface area contributed by atoms with Crippen LogP contribution >= 0.6 is 0 Å². The SMILES string of the molecule is CNS(=O)(=O)c1cc(NC(=O)NCCCCCCC(C)C)ccc1C. The lowest BCUT2D eigenvalue weighted by molar-refractivity contribution is 0.252. The van der Waals surface area contributed by atoms with Crippen molar-refractivity contribution in [1.82, 2.24) is 10.0 Å². The van der Waals surface area contributed by atoms with Gasteiger partial charge in [-0.1, -0.05) is 45.6 Å². The van der Waals surface area contributed by atoms with Gasteiger partial charge in [0.1, 0.15) is 0 Å². The van der Waals surface area contributed by atoms with Gasteiger partial charge in [0.25, 0.3) is 0 Å². The van der Waals surface area contributed by atoms with E-state index >= 15 is 0 Å². The fourth-order valence-corrected chi connectivity index (χ4v) is 3.48. The van der Waals surface area contributed by atoms with Crippen molar-refractivity contribution in [1.29, 1.82) is 0 Å². The first kappa shape index (κ1) is 21.4. The monoisotopic (exact) mass is 369 g/mol. The van der Waals surface area contributed by atoms with Gasteiger partial charge in [-0.25, -0.2) is 17.9 Å². The molecule has 6 nitrogen and oxygen atoms in total. The Morgan fingerprint density at radius 2 is 1.80 bits per heavy atom. The van der Waals surface area contributed by atoms with Crippen LogP contribution < -0.4 is 15.4 Å². The number of hydrogen-bond donors (Lipinski definition) is 3. The van der Waals surface area contributed by atoms with Crippen molar-refractivity contribution >= 4 is 21.7 Å². The Kier molecular flexibility index (Phi) is 8.92. The zero-order chi connectivity index (χ0) is 18.9. The summed E-state index contributed by atoms with van der Waals surface area (Å²) in [5.41, 5.74) is 1.08. The number of carbonyl (C=O) groups excluding carboxylic acids is 1. The van der Waals surface area contributed by atoms with E-state index in [1.54, 1.807) is 19.1 Å². The van der Waals surface area contributed by atoms with E-state index in [9.17, 15) is 13.2 Å². The first-order valence-electron chi connectivity index (χ1n) is 8.85. The Balaban J connectivity index is 2.41. The lowest BCUT2D eigenvalue weighted by Gasteiger charge is -2.11. The second kappa shape index (κ2) is 10.4. The minimum Gasteiger partial charge on any atom is -0.338 e. The van der Waals surface area contributed by atoms with Crippen molar-refractivity contribution in [2.75, 3.05) is 18.9 Å². The molecule has 0 aliphatic carbocycles. The summed E-state index contributed by atoms with van der Waals surface area (Å²) in [6, 6.07) is 4.51. The van der Waals surface area contributed by atoms with Crippen LogP contribution in [-0.4, -0.2) is 28.0 Å². The highest BCUT2D eigenvalue weighted by molar-refractivity contribution is 7.89. The van der Waals surface area contributed by atoms with Crippen LogP contribution in [0.1, 0.15) is 51.5 Å². The van der Waals surface area contributed by atoms with Crippen molar-refractivity contribution in [3.63, 3.8) is 0 Å². The van der Waals surface area contributed by atoms with Crippen molar-refractivity contribution in [3.8, 4) is 0 Å². The van der Waals surface area contributed by atoms with Gasteiger partial charge in [-0.2, -0.15) is 0 Å². The number of benzene rings is 1. The van der Waals surface area contributed by atoms with Gasteiger partial charge in [0.2, 0.25) is 10.0 Å². The maximum atomic E-state index is 12.0. The lowest BCUT2D eigenvalue weighted by atomic mass is 10.0. The number of anilines is 1. The molecule has 0 radical (unpaired) electrons. The number of unbranched alkanes of at least 4 members (excludes halogenated alkanes) is 3. The van der Waals surface area contributed by atoms with Crippen LogP contribution in [0.15, 0.2) is 23.1 Å². The van der Waals surface area contributed by atoms with E-state index in [1.165, 1.54) is 32.4 Å². The summed E-state index contributed by atoms with van der Waals surface area (Å²) in [6.07, 6.45) is 5.71. The Hall–Kier alpha value is -1.60. The van der Waals surface area contributed by atoms with Crippen LogP contribution in [0.5, 0.6) is 0 Å². The summed E-state index contributed by atoms with van der Waals surface area (Å²) in [7, 11) is -2.18. The van der Waals surface area contributed by atoms with E-state index in [1.807, 2.05) is 0 Å². The van der Waals surface area contributed by atoms with Gasteiger partial charge in [-0.05, 0) is 44.0 Å². The number of rotatable bonds is 10. The van der Waals surface area contributed by atoms with Crippen LogP contribution in [0, 0.1) is 12.8 Å². The second-order valence-electron chi connectivity index (χ2n) is 6.67. The van der Waals surface area contributed by atoms with Crippen molar-refractivity contribution in [3.05, 3.63) is 23.8 Å². The normalized spacial score (nSPS) is 11.6. The summed E-state index contributed by atoms with van der Waals surface area (Å²) in [4.78, 5) is 12.1. The molecule has 2 amide bonds. The van der Waals surface area contributed by atoms with Crippen molar-refractivity contribution in [2.45, 2.75) is 57.8 Å². The van der Waals surface area contributed by atoms with Gasteiger partial charge in [-0.15, -0.1) is 0 Å².